The molecule has 0 saturated heterocycles. The molecule has 0 fully saturated rings. The van der Waals surface area contributed by atoms with Crippen molar-refractivity contribution in [3.8, 4) is 0 Å². The number of nitrogens with one attached hydrogen (secondary N) is 1. The first-order chi connectivity index (χ1) is 11.7. The smallest absolute Gasteiger partial charge is 0.408 e. The number of alkyl carbamates (subject to hydrolysis) is 1. The van der Waals surface area contributed by atoms with Gasteiger partial charge in [0.15, 0.2) is 0 Å². The first-order valence-corrected chi connectivity index (χ1v) is 9.64. The Morgan fingerprint density at radius 3 is 2.52 bits per heavy atom. The molecule has 0 saturated carbocycles. The van der Waals surface area contributed by atoms with Gasteiger partial charge >= 0.3 is 12.1 Å². The summed E-state index contributed by atoms with van der Waals surface area (Å²) in [6.45, 7) is 6.05. The Morgan fingerprint density at radius 2 is 2.00 bits per heavy atom. The van der Waals surface area contributed by atoms with Crippen molar-refractivity contribution < 1.29 is 19.4 Å². The summed E-state index contributed by atoms with van der Waals surface area (Å²) in [5.74, 6) is -0.884. The molecule has 1 unspecified atom stereocenters. The number of amides is 1. The molecule has 10 heteroatoms. The summed E-state index contributed by atoms with van der Waals surface area (Å²) in [5.41, 5.74) is 9.47. The van der Waals surface area contributed by atoms with Crippen molar-refractivity contribution >= 4 is 39.3 Å². The highest BCUT2D eigenvalue weighted by molar-refractivity contribution is 8.77. The van der Waals surface area contributed by atoms with Gasteiger partial charge in [-0.05, 0) is 11.1 Å². The average Bonchev–Trinajstić information content (AvgIpc) is 2.52. The maximum Gasteiger partial charge on any atom is 0.408 e. The van der Waals surface area contributed by atoms with Crippen LogP contribution in [-0.4, -0.2) is 33.7 Å². The van der Waals surface area contributed by atoms with E-state index in [1.807, 2.05) is 20.8 Å². The second-order valence-electron chi connectivity index (χ2n) is 5.95. The SMILES string of the molecule is CC(C)(C)SSCC(NC(=O)OCc1ccc(N=[N+]=[N-])cc1)C(=O)O. The summed E-state index contributed by atoms with van der Waals surface area (Å²) >= 11 is 0. The Bertz CT molecular complexity index is 640. The number of hydrogen-bond acceptors (Lipinski definition) is 6. The quantitative estimate of drug-likeness (QED) is 0.294. The van der Waals surface area contributed by atoms with Crippen LogP contribution in [0.2, 0.25) is 0 Å². The second kappa shape index (κ2) is 10.1. The molecule has 1 aromatic rings. The number of benzene rings is 1. The van der Waals surface area contributed by atoms with E-state index >= 15 is 0 Å². The summed E-state index contributed by atoms with van der Waals surface area (Å²) in [7, 11) is 2.93. The lowest BCUT2D eigenvalue weighted by Gasteiger charge is -2.19. The van der Waals surface area contributed by atoms with Crippen molar-refractivity contribution in [2.45, 2.75) is 38.2 Å². The van der Waals surface area contributed by atoms with Crippen molar-refractivity contribution in [3.05, 3.63) is 40.3 Å². The van der Waals surface area contributed by atoms with Gasteiger partial charge in [-0.1, -0.05) is 71.7 Å². The van der Waals surface area contributed by atoms with Gasteiger partial charge in [-0.25, -0.2) is 9.59 Å². The Hall–Kier alpha value is -2.03. The molecule has 0 radical (unpaired) electrons. The number of carbonyl (C=O) groups excluding carboxylic acids is 1. The highest BCUT2D eigenvalue weighted by Crippen LogP contribution is 2.35. The molecule has 8 nitrogen and oxygen atoms in total. The van der Waals surface area contributed by atoms with E-state index in [-0.39, 0.29) is 17.1 Å². The summed E-state index contributed by atoms with van der Waals surface area (Å²) in [6.07, 6.45) is -0.798. The molecular weight excluding hydrogens is 364 g/mol. The third kappa shape index (κ3) is 9.13. The number of nitrogens with zero attached hydrogens (tertiary/aromatic N) is 3. The number of hydrogen-bond donors (Lipinski definition) is 2. The summed E-state index contributed by atoms with van der Waals surface area (Å²) in [6, 6.07) is 5.47. The molecule has 0 aliphatic heterocycles. The Labute approximate surface area is 153 Å². The molecule has 25 heavy (non-hydrogen) atoms. The van der Waals surface area contributed by atoms with Crippen LogP contribution in [0.15, 0.2) is 29.4 Å². The molecule has 1 atom stereocenters. The zero-order valence-corrected chi connectivity index (χ0v) is 15.8. The average molecular weight is 384 g/mol. The first-order valence-electron chi connectivity index (χ1n) is 7.32. The largest absolute Gasteiger partial charge is 0.480 e. The standard InChI is InChI=1S/C15H20N4O4S2/c1-15(2,3)25-24-9-12(13(20)21)17-14(22)23-8-10-4-6-11(7-5-10)18-19-16/h4-7,12H,8-9H2,1-3H3,(H,17,22)(H,20,21). The van der Waals surface area contributed by atoms with E-state index in [1.165, 1.54) is 10.8 Å². The summed E-state index contributed by atoms with van der Waals surface area (Å²) < 4.78 is 5.02. The van der Waals surface area contributed by atoms with E-state index in [2.05, 4.69) is 15.3 Å². The van der Waals surface area contributed by atoms with Crippen LogP contribution in [0, 0.1) is 0 Å². The van der Waals surface area contributed by atoms with Crippen LogP contribution in [0.5, 0.6) is 0 Å². The minimum Gasteiger partial charge on any atom is -0.480 e. The molecule has 0 aliphatic rings. The number of rotatable bonds is 8. The van der Waals surface area contributed by atoms with Gasteiger partial charge in [-0.15, -0.1) is 0 Å². The molecule has 0 spiro atoms. The van der Waals surface area contributed by atoms with Gasteiger partial charge in [-0.3, -0.25) is 0 Å². The maximum absolute atomic E-state index is 11.8. The van der Waals surface area contributed by atoms with Crippen LogP contribution < -0.4 is 5.32 Å². The van der Waals surface area contributed by atoms with Crippen LogP contribution in [0.3, 0.4) is 0 Å². The molecule has 1 rings (SSSR count). The fourth-order valence-corrected chi connectivity index (χ4v) is 3.95. The van der Waals surface area contributed by atoms with Gasteiger partial charge in [-0.2, -0.15) is 0 Å². The van der Waals surface area contributed by atoms with E-state index in [0.29, 0.717) is 11.3 Å². The lowest BCUT2D eigenvalue weighted by Crippen LogP contribution is -2.42. The van der Waals surface area contributed by atoms with E-state index in [1.54, 1.807) is 35.1 Å². The van der Waals surface area contributed by atoms with Crippen molar-refractivity contribution in [1.29, 1.82) is 0 Å². The molecule has 0 heterocycles. The zero-order chi connectivity index (χ0) is 18.9. The minimum absolute atomic E-state index is 0.00398. The van der Waals surface area contributed by atoms with Gasteiger partial charge < -0.3 is 15.2 Å². The van der Waals surface area contributed by atoms with Crippen LogP contribution in [0.4, 0.5) is 10.5 Å². The number of aliphatic carboxylic acids is 1. The van der Waals surface area contributed by atoms with Gasteiger partial charge in [0.2, 0.25) is 0 Å². The van der Waals surface area contributed by atoms with Crippen molar-refractivity contribution in [2.24, 2.45) is 5.11 Å². The molecule has 2 N–H and O–H groups in total. The topological polar surface area (TPSA) is 124 Å². The molecule has 136 valence electrons. The predicted molar refractivity (Wildman–Crippen MR) is 99.8 cm³/mol. The molecule has 0 bridgehead atoms. The van der Waals surface area contributed by atoms with Gasteiger partial charge in [0.05, 0.1) is 0 Å². The maximum atomic E-state index is 11.8. The van der Waals surface area contributed by atoms with E-state index in [0.717, 1.165) is 0 Å². The van der Waals surface area contributed by atoms with Crippen LogP contribution >= 0.6 is 21.6 Å². The molecule has 1 aromatic carbocycles. The number of azide groups is 1. The number of carboxylic acid groups (broad SMARTS) is 1. The van der Waals surface area contributed by atoms with Crippen molar-refractivity contribution in [2.75, 3.05) is 5.75 Å². The molecule has 0 aliphatic carbocycles. The Kier molecular flexibility index (Phi) is 8.47. The zero-order valence-electron chi connectivity index (χ0n) is 14.1. The Morgan fingerprint density at radius 1 is 1.36 bits per heavy atom. The van der Waals surface area contributed by atoms with Gasteiger partial charge in [0.1, 0.15) is 12.6 Å². The second-order valence-corrected chi connectivity index (χ2v) is 9.11. The number of ether oxygens (including phenoxy) is 1. The van der Waals surface area contributed by atoms with Gasteiger partial charge in [0, 0.05) is 21.1 Å². The van der Waals surface area contributed by atoms with E-state index in [9.17, 15) is 14.7 Å². The predicted octanol–water partition coefficient (Wildman–Crippen LogP) is 4.49. The fourth-order valence-electron chi connectivity index (χ4n) is 1.50. The summed E-state index contributed by atoms with van der Waals surface area (Å²) in [4.78, 5) is 25.7. The first kappa shape index (κ1) is 21.0. The monoisotopic (exact) mass is 384 g/mol. The highest BCUT2D eigenvalue weighted by Gasteiger charge is 2.22. The number of carbonyl (C=O) groups is 2. The third-order valence-corrected chi connectivity index (χ3v) is 5.95. The lowest BCUT2D eigenvalue weighted by atomic mass is 10.2. The third-order valence-electron chi connectivity index (χ3n) is 2.60. The van der Waals surface area contributed by atoms with Crippen molar-refractivity contribution in [3.63, 3.8) is 0 Å². The van der Waals surface area contributed by atoms with Gasteiger partial charge in [0.25, 0.3) is 0 Å². The Balaban J connectivity index is 2.46. The van der Waals surface area contributed by atoms with E-state index < -0.39 is 18.1 Å². The van der Waals surface area contributed by atoms with Crippen LogP contribution in [-0.2, 0) is 16.1 Å². The number of carboxylic acids is 1. The van der Waals surface area contributed by atoms with Crippen LogP contribution in [0.1, 0.15) is 26.3 Å². The normalized spacial score (nSPS) is 12.0. The van der Waals surface area contributed by atoms with Crippen molar-refractivity contribution in [1.82, 2.24) is 5.32 Å². The lowest BCUT2D eigenvalue weighted by molar-refractivity contribution is -0.138. The van der Waals surface area contributed by atoms with Crippen LogP contribution in [0.25, 0.3) is 10.4 Å². The molecule has 0 aromatic heterocycles. The highest BCUT2D eigenvalue weighted by atomic mass is 33.1. The molecular formula is C15H20N4O4S2. The molecule has 1 amide bonds. The minimum atomic E-state index is -1.11. The van der Waals surface area contributed by atoms with E-state index in [4.69, 9.17) is 10.3 Å². The fraction of sp³-hybridized carbons (Fsp3) is 0.467. The summed E-state index contributed by atoms with van der Waals surface area (Å²) in [5, 5.41) is 15.0.